The molecule has 2 aromatic rings. The molecule has 0 aromatic heterocycles. The smallest absolute Gasteiger partial charge is 0.387 e. The predicted molar refractivity (Wildman–Crippen MR) is 66.7 cm³/mol. The second-order valence-electron chi connectivity index (χ2n) is 4.09. The normalized spacial score (nSPS) is 10.8. The third-order valence-electron chi connectivity index (χ3n) is 2.66. The topological polar surface area (TPSA) is 21.3 Å². The number of hydrogen-bond donors (Lipinski definition) is 1. The molecule has 0 saturated heterocycles. The highest BCUT2D eigenvalue weighted by molar-refractivity contribution is 5.47. The van der Waals surface area contributed by atoms with Crippen LogP contribution < -0.4 is 10.1 Å². The molecule has 0 fully saturated rings. The van der Waals surface area contributed by atoms with Gasteiger partial charge in [0.05, 0.1) is 0 Å². The Kier molecular flexibility index (Phi) is 4.62. The molecule has 21 heavy (non-hydrogen) atoms. The first-order valence-corrected chi connectivity index (χ1v) is 5.88. The summed E-state index contributed by atoms with van der Waals surface area (Å²) in [7, 11) is 0. The summed E-state index contributed by atoms with van der Waals surface area (Å²) in [4.78, 5) is 0. The van der Waals surface area contributed by atoms with E-state index in [1.54, 1.807) is 0 Å². The van der Waals surface area contributed by atoms with Crippen molar-refractivity contribution in [3.05, 3.63) is 59.4 Å². The highest BCUT2D eigenvalue weighted by atomic mass is 19.3. The summed E-state index contributed by atoms with van der Waals surface area (Å²) in [6.45, 7) is -3.21. The Hall–Kier alpha value is -2.31. The lowest BCUT2D eigenvalue weighted by Gasteiger charge is -2.10. The van der Waals surface area contributed by atoms with Crippen LogP contribution in [-0.4, -0.2) is 6.61 Å². The van der Waals surface area contributed by atoms with Crippen LogP contribution in [0.25, 0.3) is 0 Å². The van der Waals surface area contributed by atoms with Gasteiger partial charge in [0.25, 0.3) is 0 Å². The van der Waals surface area contributed by atoms with Gasteiger partial charge in [-0.15, -0.1) is 0 Å². The van der Waals surface area contributed by atoms with E-state index in [0.29, 0.717) is 0 Å². The Morgan fingerprint density at radius 2 is 1.76 bits per heavy atom. The first kappa shape index (κ1) is 15.1. The molecule has 1 N–H and O–H groups in total. The predicted octanol–water partition coefficient (Wildman–Crippen LogP) is 4.32. The van der Waals surface area contributed by atoms with Gasteiger partial charge >= 0.3 is 6.61 Å². The third-order valence-corrected chi connectivity index (χ3v) is 2.66. The van der Waals surface area contributed by atoms with Crippen LogP contribution in [0.5, 0.6) is 5.75 Å². The number of hydrogen-bond acceptors (Lipinski definition) is 2. The maximum absolute atomic E-state index is 13.4. The molecule has 0 aliphatic heterocycles. The van der Waals surface area contributed by atoms with E-state index in [-0.39, 0.29) is 17.8 Å². The van der Waals surface area contributed by atoms with Gasteiger partial charge in [0.2, 0.25) is 0 Å². The first-order chi connectivity index (χ1) is 9.97. The van der Waals surface area contributed by atoms with Crippen molar-refractivity contribution in [3.8, 4) is 5.75 Å². The van der Waals surface area contributed by atoms with Gasteiger partial charge < -0.3 is 10.1 Å². The van der Waals surface area contributed by atoms with Gasteiger partial charge in [-0.1, -0.05) is 12.1 Å². The molecule has 7 heteroatoms. The second kappa shape index (κ2) is 6.43. The van der Waals surface area contributed by atoms with Gasteiger partial charge in [0.15, 0.2) is 23.2 Å². The van der Waals surface area contributed by atoms with E-state index in [0.717, 1.165) is 18.2 Å². The molecule has 0 aliphatic rings. The number of anilines is 1. The van der Waals surface area contributed by atoms with Crippen molar-refractivity contribution >= 4 is 5.69 Å². The minimum Gasteiger partial charge on any atom is -0.432 e. The molecule has 0 spiro atoms. The van der Waals surface area contributed by atoms with Crippen molar-refractivity contribution in [3.63, 3.8) is 0 Å². The van der Waals surface area contributed by atoms with Crippen LogP contribution in [0.1, 0.15) is 5.56 Å². The van der Waals surface area contributed by atoms with Crippen LogP contribution in [0.4, 0.5) is 27.6 Å². The lowest BCUT2D eigenvalue weighted by Crippen LogP contribution is -2.06. The zero-order valence-corrected chi connectivity index (χ0v) is 10.5. The highest BCUT2D eigenvalue weighted by Gasteiger charge is 2.11. The number of halogens is 5. The largest absolute Gasteiger partial charge is 0.432 e. The van der Waals surface area contributed by atoms with E-state index >= 15 is 0 Å². The summed E-state index contributed by atoms with van der Waals surface area (Å²) in [5.41, 5.74) is 0.279. The number of benzene rings is 2. The fraction of sp³-hybridized carbons (Fsp3) is 0.143. The van der Waals surface area contributed by atoms with E-state index in [1.807, 2.05) is 0 Å². The molecule has 0 atom stereocenters. The quantitative estimate of drug-likeness (QED) is 0.831. The molecule has 0 amide bonds. The van der Waals surface area contributed by atoms with Crippen molar-refractivity contribution < 1.29 is 26.7 Å². The lowest BCUT2D eigenvalue weighted by atomic mass is 10.2. The molecule has 2 nitrogen and oxygen atoms in total. The number of ether oxygens (including phenoxy) is 1. The monoisotopic (exact) mass is 303 g/mol. The lowest BCUT2D eigenvalue weighted by molar-refractivity contribution is -0.0521. The SMILES string of the molecule is Fc1cc(NCc2cccc(F)c2F)ccc1OC(F)F. The molecule has 0 radical (unpaired) electrons. The summed E-state index contributed by atoms with van der Waals surface area (Å²) in [6.07, 6.45) is 0. The maximum Gasteiger partial charge on any atom is 0.387 e. The highest BCUT2D eigenvalue weighted by Crippen LogP contribution is 2.23. The van der Waals surface area contributed by atoms with E-state index < -0.39 is 29.8 Å². The van der Waals surface area contributed by atoms with Crippen molar-refractivity contribution in [1.82, 2.24) is 0 Å². The molecule has 0 unspecified atom stereocenters. The first-order valence-electron chi connectivity index (χ1n) is 5.88. The molecular formula is C14H10F5NO. The minimum absolute atomic E-state index is 0.0586. The summed E-state index contributed by atoms with van der Waals surface area (Å²) in [5.74, 6) is -3.56. The van der Waals surface area contributed by atoms with Crippen molar-refractivity contribution in [2.24, 2.45) is 0 Å². The zero-order chi connectivity index (χ0) is 15.4. The van der Waals surface area contributed by atoms with Crippen LogP contribution >= 0.6 is 0 Å². The molecule has 2 rings (SSSR count). The fourth-order valence-electron chi connectivity index (χ4n) is 1.68. The summed E-state index contributed by atoms with van der Waals surface area (Å²) < 4.78 is 67.7. The molecule has 112 valence electrons. The molecule has 0 heterocycles. The van der Waals surface area contributed by atoms with Crippen LogP contribution in [0.15, 0.2) is 36.4 Å². The van der Waals surface area contributed by atoms with Crippen molar-refractivity contribution in [1.29, 1.82) is 0 Å². The van der Waals surface area contributed by atoms with Crippen LogP contribution in [0, 0.1) is 17.5 Å². The molecule has 0 aliphatic carbocycles. The van der Waals surface area contributed by atoms with E-state index in [4.69, 9.17) is 0 Å². The number of alkyl halides is 2. The zero-order valence-electron chi connectivity index (χ0n) is 10.5. The Labute approximate surface area is 117 Å². The molecule has 0 saturated carbocycles. The van der Waals surface area contributed by atoms with Gasteiger partial charge in [0, 0.05) is 23.9 Å². The van der Waals surface area contributed by atoms with Crippen molar-refractivity contribution in [2.45, 2.75) is 13.2 Å². The van der Waals surface area contributed by atoms with Crippen LogP contribution in [0.3, 0.4) is 0 Å². The minimum atomic E-state index is -3.13. The molecule has 2 aromatic carbocycles. The average Bonchev–Trinajstić information content (AvgIpc) is 2.43. The third kappa shape index (κ3) is 3.84. The van der Waals surface area contributed by atoms with Crippen LogP contribution in [0.2, 0.25) is 0 Å². The molecular weight excluding hydrogens is 293 g/mol. The fourth-order valence-corrected chi connectivity index (χ4v) is 1.68. The average molecular weight is 303 g/mol. The van der Waals surface area contributed by atoms with Gasteiger partial charge in [-0.2, -0.15) is 8.78 Å². The van der Waals surface area contributed by atoms with Gasteiger partial charge in [-0.05, 0) is 18.2 Å². The summed E-state index contributed by atoms with van der Waals surface area (Å²) in [6, 6.07) is 6.93. The summed E-state index contributed by atoms with van der Waals surface area (Å²) in [5, 5.41) is 2.66. The second-order valence-corrected chi connectivity index (χ2v) is 4.09. The maximum atomic E-state index is 13.4. The van der Waals surface area contributed by atoms with Crippen LogP contribution in [-0.2, 0) is 6.54 Å². The Morgan fingerprint density at radius 1 is 1.00 bits per heavy atom. The Bertz CT molecular complexity index is 633. The standard InChI is InChI=1S/C14H10F5NO/c15-10-3-1-2-8(13(10)17)7-20-9-4-5-12(11(16)6-9)21-14(18)19/h1-6,14,20H,7H2. The number of rotatable bonds is 5. The Morgan fingerprint density at radius 3 is 2.43 bits per heavy atom. The van der Waals surface area contributed by atoms with E-state index in [1.165, 1.54) is 18.2 Å². The van der Waals surface area contributed by atoms with Crippen molar-refractivity contribution in [2.75, 3.05) is 5.32 Å². The van der Waals surface area contributed by atoms with E-state index in [9.17, 15) is 22.0 Å². The van der Waals surface area contributed by atoms with Gasteiger partial charge in [0.1, 0.15) is 0 Å². The Balaban J connectivity index is 2.07. The number of nitrogens with one attached hydrogen (secondary N) is 1. The summed E-state index contributed by atoms with van der Waals surface area (Å²) >= 11 is 0. The van der Waals surface area contributed by atoms with E-state index in [2.05, 4.69) is 10.1 Å². The van der Waals surface area contributed by atoms with Gasteiger partial charge in [-0.3, -0.25) is 0 Å². The molecule has 0 bridgehead atoms. The van der Waals surface area contributed by atoms with Gasteiger partial charge in [-0.25, -0.2) is 13.2 Å².